The van der Waals surface area contributed by atoms with E-state index < -0.39 is 0 Å². The van der Waals surface area contributed by atoms with Crippen LogP contribution in [0.5, 0.6) is 0 Å². The second-order valence-corrected chi connectivity index (χ2v) is 5.48. The Morgan fingerprint density at radius 1 is 1.26 bits per heavy atom. The minimum Gasteiger partial charge on any atom is -0.398 e. The number of rotatable bonds is 5. The number of pyridine rings is 1. The van der Waals surface area contributed by atoms with Gasteiger partial charge in [0.15, 0.2) is 0 Å². The summed E-state index contributed by atoms with van der Waals surface area (Å²) in [6.45, 7) is 4.50. The summed E-state index contributed by atoms with van der Waals surface area (Å²) in [5.41, 5.74) is 8.19. The summed E-state index contributed by atoms with van der Waals surface area (Å²) in [5.74, 6) is 0.885. The highest BCUT2D eigenvalue weighted by molar-refractivity contribution is 6.00. The summed E-state index contributed by atoms with van der Waals surface area (Å²) < 4.78 is 0. The van der Waals surface area contributed by atoms with E-state index in [0.717, 1.165) is 23.5 Å². The first-order chi connectivity index (χ1) is 9.29. The number of nitrogens with two attached hydrogens (primary N) is 1. The Morgan fingerprint density at radius 3 is 2.84 bits per heavy atom. The number of aromatic nitrogens is 1. The van der Waals surface area contributed by atoms with Gasteiger partial charge in [0.1, 0.15) is 0 Å². The summed E-state index contributed by atoms with van der Waals surface area (Å²) in [7, 11) is 0. The third-order valence-corrected chi connectivity index (χ3v) is 3.84. The maximum atomic E-state index is 6.07. The predicted octanol–water partition coefficient (Wildman–Crippen LogP) is 3.44. The fourth-order valence-electron chi connectivity index (χ4n) is 2.67. The van der Waals surface area contributed by atoms with Crippen LogP contribution >= 0.6 is 0 Å². The van der Waals surface area contributed by atoms with Crippen LogP contribution < -0.4 is 10.6 Å². The molecule has 0 saturated heterocycles. The Hall–Kier alpha value is -1.77. The molecule has 1 aliphatic rings. The molecule has 0 bridgehead atoms. The van der Waals surface area contributed by atoms with E-state index in [2.05, 4.69) is 22.9 Å². The number of hydrogen-bond acceptors (Lipinski definition) is 3. The molecule has 0 atom stereocenters. The van der Waals surface area contributed by atoms with Gasteiger partial charge in [-0.1, -0.05) is 6.92 Å². The molecule has 2 aromatic rings. The van der Waals surface area contributed by atoms with Gasteiger partial charge in [-0.05, 0) is 43.4 Å². The lowest BCUT2D eigenvalue weighted by atomic mass is 10.1. The van der Waals surface area contributed by atoms with E-state index in [1.54, 1.807) is 0 Å². The van der Waals surface area contributed by atoms with Crippen molar-refractivity contribution >= 4 is 22.1 Å². The minimum absolute atomic E-state index is 0.837. The van der Waals surface area contributed by atoms with E-state index >= 15 is 0 Å². The number of nitrogens with zero attached hydrogens (tertiary/aromatic N) is 2. The van der Waals surface area contributed by atoms with E-state index in [1.807, 2.05) is 24.5 Å². The van der Waals surface area contributed by atoms with Gasteiger partial charge in [0.25, 0.3) is 0 Å². The average Bonchev–Trinajstić information content (AvgIpc) is 3.23. The first kappa shape index (κ1) is 12.3. The third kappa shape index (κ3) is 2.50. The molecular formula is C16H21N3. The van der Waals surface area contributed by atoms with Crippen LogP contribution in [0.25, 0.3) is 10.8 Å². The predicted molar refractivity (Wildman–Crippen MR) is 81.4 cm³/mol. The highest BCUT2D eigenvalue weighted by Crippen LogP contribution is 2.35. The molecule has 100 valence electrons. The third-order valence-electron chi connectivity index (χ3n) is 3.84. The molecule has 1 saturated carbocycles. The molecule has 1 aliphatic carbocycles. The van der Waals surface area contributed by atoms with Crippen LogP contribution in [0.3, 0.4) is 0 Å². The van der Waals surface area contributed by atoms with Crippen molar-refractivity contribution in [3.8, 4) is 0 Å². The van der Waals surface area contributed by atoms with Gasteiger partial charge in [0.2, 0.25) is 0 Å². The highest BCUT2D eigenvalue weighted by atomic mass is 15.1. The summed E-state index contributed by atoms with van der Waals surface area (Å²) in [6, 6.07) is 6.18. The zero-order valence-corrected chi connectivity index (χ0v) is 11.5. The summed E-state index contributed by atoms with van der Waals surface area (Å²) >= 11 is 0. The Bertz CT molecular complexity index is 575. The van der Waals surface area contributed by atoms with Crippen LogP contribution in [0.1, 0.15) is 26.2 Å². The van der Waals surface area contributed by atoms with Crippen LogP contribution in [0.4, 0.5) is 11.4 Å². The molecule has 3 rings (SSSR count). The molecule has 1 heterocycles. The van der Waals surface area contributed by atoms with Crippen molar-refractivity contribution in [2.24, 2.45) is 5.92 Å². The second kappa shape index (κ2) is 5.08. The van der Waals surface area contributed by atoms with Gasteiger partial charge in [-0.15, -0.1) is 0 Å². The van der Waals surface area contributed by atoms with Crippen molar-refractivity contribution in [2.75, 3.05) is 23.7 Å². The molecule has 1 aromatic carbocycles. The van der Waals surface area contributed by atoms with E-state index in [9.17, 15) is 0 Å². The molecule has 1 aromatic heterocycles. The Labute approximate surface area is 114 Å². The lowest BCUT2D eigenvalue weighted by Gasteiger charge is -2.26. The van der Waals surface area contributed by atoms with E-state index in [0.29, 0.717) is 0 Å². The fourth-order valence-corrected chi connectivity index (χ4v) is 2.67. The molecule has 0 aliphatic heterocycles. The van der Waals surface area contributed by atoms with E-state index in [4.69, 9.17) is 5.73 Å². The Kier molecular flexibility index (Phi) is 3.28. The van der Waals surface area contributed by atoms with Gasteiger partial charge in [-0.25, -0.2) is 0 Å². The summed E-state index contributed by atoms with van der Waals surface area (Å²) in [6.07, 6.45) is 7.68. The molecule has 0 spiro atoms. The number of anilines is 2. The number of benzene rings is 1. The number of fused-ring (bicyclic) bond motifs is 1. The summed E-state index contributed by atoms with van der Waals surface area (Å²) in [4.78, 5) is 6.77. The quantitative estimate of drug-likeness (QED) is 0.832. The first-order valence-corrected chi connectivity index (χ1v) is 7.16. The average molecular weight is 255 g/mol. The van der Waals surface area contributed by atoms with Crippen molar-refractivity contribution in [3.05, 3.63) is 30.6 Å². The van der Waals surface area contributed by atoms with Crippen LogP contribution in [0, 0.1) is 5.92 Å². The monoisotopic (exact) mass is 255 g/mol. The standard InChI is InChI=1S/C16H21N3/c1-2-9-19(11-12-3-4-12)16-6-5-15(17)13-7-8-18-10-14(13)16/h5-8,10,12H,2-4,9,11,17H2,1H3. The molecule has 3 heteroatoms. The lowest BCUT2D eigenvalue weighted by molar-refractivity contribution is 0.710. The number of nitrogen functional groups attached to an aromatic ring is 1. The van der Waals surface area contributed by atoms with Crippen LogP contribution in [-0.4, -0.2) is 18.1 Å². The lowest BCUT2D eigenvalue weighted by Crippen LogP contribution is -2.26. The van der Waals surface area contributed by atoms with Crippen LogP contribution in [0.2, 0.25) is 0 Å². The van der Waals surface area contributed by atoms with Crippen molar-refractivity contribution in [2.45, 2.75) is 26.2 Å². The van der Waals surface area contributed by atoms with Gasteiger partial charge >= 0.3 is 0 Å². The molecule has 19 heavy (non-hydrogen) atoms. The zero-order valence-electron chi connectivity index (χ0n) is 11.5. The van der Waals surface area contributed by atoms with Gasteiger partial charge in [-0.2, -0.15) is 0 Å². The largest absolute Gasteiger partial charge is 0.398 e. The van der Waals surface area contributed by atoms with Crippen molar-refractivity contribution < 1.29 is 0 Å². The molecule has 1 fully saturated rings. The van der Waals surface area contributed by atoms with Crippen LogP contribution in [0.15, 0.2) is 30.6 Å². The maximum absolute atomic E-state index is 6.07. The highest BCUT2D eigenvalue weighted by Gasteiger charge is 2.25. The summed E-state index contributed by atoms with van der Waals surface area (Å²) in [5, 5.41) is 2.29. The molecular weight excluding hydrogens is 234 g/mol. The van der Waals surface area contributed by atoms with Gasteiger partial charge in [0.05, 0.1) is 0 Å². The van der Waals surface area contributed by atoms with Crippen molar-refractivity contribution in [3.63, 3.8) is 0 Å². The minimum atomic E-state index is 0.837. The fraction of sp³-hybridized carbons (Fsp3) is 0.438. The van der Waals surface area contributed by atoms with Gasteiger partial charge in [0, 0.05) is 47.6 Å². The zero-order chi connectivity index (χ0) is 13.2. The molecule has 3 nitrogen and oxygen atoms in total. The molecule has 0 unspecified atom stereocenters. The Balaban J connectivity index is 2.03. The molecule has 2 N–H and O–H groups in total. The molecule has 0 radical (unpaired) electrons. The second-order valence-electron chi connectivity index (χ2n) is 5.48. The number of hydrogen-bond donors (Lipinski definition) is 1. The molecule has 0 amide bonds. The smallest absolute Gasteiger partial charge is 0.0463 e. The SMILES string of the molecule is CCCN(CC1CC1)c1ccc(N)c2ccncc12. The van der Waals surface area contributed by atoms with Gasteiger partial charge < -0.3 is 10.6 Å². The normalized spacial score (nSPS) is 14.8. The van der Waals surface area contributed by atoms with E-state index in [1.165, 1.54) is 36.9 Å². The maximum Gasteiger partial charge on any atom is 0.0463 e. The van der Waals surface area contributed by atoms with Crippen molar-refractivity contribution in [1.82, 2.24) is 4.98 Å². The van der Waals surface area contributed by atoms with E-state index in [-0.39, 0.29) is 0 Å². The topological polar surface area (TPSA) is 42.1 Å². The van der Waals surface area contributed by atoms with Gasteiger partial charge in [-0.3, -0.25) is 4.98 Å². The van der Waals surface area contributed by atoms with Crippen LogP contribution in [-0.2, 0) is 0 Å². The Morgan fingerprint density at radius 2 is 2.11 bits per heavy atom. The first-order valence-electron chi connectivity index (χ1n) is 7.16. The van der Waals surface area contributed by atoms with Crippen molar-refractivity contribution in [1.29, 1.82) is 0 Å².